The van der Waals surface area contributed by atoms with Gasteiger partial charge in [-0.25, -0.2) is 22.8 Å². The topological polar surface area (TPSA) is 159 Å². The molecule has 0 aliphatic heterocycles. The zero-order valence-corrected chi connectivity index (χ0v) is 24.4. The summed E-state index contributed by atoms with van der Waals surface area (Å²) in [4.78, 5) is 34.0. The molecular weight excluding hydrogens is 583 g/mol. The molecule has 3 N–H and O–H groups in total. The summed E-state index contributed by atoms with van der Waals surface area (Å²) < 4.78 is 37.9. The Hall–Kier alpha value is -5.04. The highest BCUT2D eigenvalue weighted by molar-refractivity contribution is 7.90. The Bertz CT molecular complexity index is 2170. The molecule has 5 heterocycles. The highest BCUT2D eigenvalue weighted by Gasteiger charge is 2.25. The van der Waals surface area contributed by atoms with E-state index in [-0.39, 0.29) is 24.0 Å². The summed E-state index contributed by atoms with van der Waals surface area (Å²) >= 11 is 0. The number of rotatable bonds is 8. The molecule has 44 heavy (non-hydrogen) atoms. The van der Waals surface area contributed by atoms with Crippen molar-refractivity contribution >= 4 is 43.5 Å². The number of hydrogen-bond donors (Lipinski definition) is 3. The second kappa shape index (κ2) is 10.9. The molecule has 1 amide bonds. The van der Waals surface area contributed by atoms with Crippen LogP contribution in [0.1, 0.15) is 24.8 Å². The highest BCUT2D eigenvalue weighted by Crippen LogP contribution is 2.33. The molecule has 11 nitrogen and oxygen atoms in total. The minimum absolute atomic E-state index is 0.0119. The van der Waals surface area contributed by atoms with Gasteiger partial charge in [-0.2, -0.15) is 5.10 Å². The lowest BCUT2D eigenvalue weighted by molar-refractivity contribution is -0.122. The van der Waals surface area contributed by atoms with E-state index in [1.165, 1.54) is 12.1 Å². The summed E-state index contributed by atoms with van der Waals surface area (Å²) in [5.74, 6) is -0.0445. The quantitative estimate of drug-likeness (QED) is 0.215. The summed E-state index contributed by atoms with van der Waals surface area (Å²) in [5.41, 5.74) is 6.62. The fourth-order valence-corrected chi connectivity index (χ4v) is 5.90. The molecule has 1 saturated carbocycles. The fourth-order valence-electron chi connectivity index (χ4n) is 5.30. The number of H-pyrrole nitrogens is 2. The van der Waals surface area contributed by atoms with Gasteiger partial charge in [0.25, 0.3) is 0 Å². The summed E-state index contributed by atoms with van der Waals surface area (Å²) in [7, 11) is -3.21. The number of imidazole rings is 1. The molecule has 222 valence electrons. The summed E-state index contributed by atoms with van der Waals surface area (Å²) in [6, 6.07) is 10.0. The normalized spacial score (nSPS) is 13.8. The van der Waals surface area contributed by atoms with Crippen LogP contribution in [0.3, 0.4) is 0 Å². The molecule has 1 aliphatic carbocycles. The SMILES string of the molecule is CS(=O)(=O)CCc1cc(F)cc(-c2cncc3[nH]c(-c4n[nH]c5ccc(-c6cncc(NC(=O)C7CCC7)c6)nc45)nc23)c1. The van der Waals surface area contributed by atoms with Gasteiger partial charge in [0.05, 0.1) is 46.1 Å². The Labute approximate surface area is 251 Å². The monoisotopic (exact) mass is 610 g/mol. The molecule has 0 bridgehead atoms. The van der Waals surface area contributed by atoms with Crippen LogP contribution in [0.5, 0.6) is 0 Å². The first-order valence-electron chi connectivity index (χ1n) is 14.1. The lowest BCUT2D eigenvalue weighted by Crippen LogP contribution is -2.28. The third kappa shape index (κ3) is 5.53. The van der Waals surface area contributed by atoms with E-state index in [4.69, 9.17) is 9.97 Å². The average Bonchev–Trinajstić information content (AvgIpc) is 3.58. The van der Waals surface area contributed by atoms with Crippen molar-refractivity contribution in [1.29, 1.82) is 0 Å². The first kappa shape index (κ1) is 27.8. The molecule has 6 aromatic rings. The van der Waals surface area contributed by atoms with Crippen LogP contribution in [0, 0.1) is 11.7 Å². The Kier molecular flexibility index (Phi) is 6.88. The third-order valence-electron chi connectivity index (χ3n) is 7.83. The van der Waals surface area contributed by atoms with Crippen LogP contribution < -0.4 is 5.32 Å². The van der Waals surface area contributed by atoms with Crippen molar-refractivity contribution in [3.05, 3.63) is 72.6 Å². The van der Waals surface area contributed by atoms with E-state index in [0.717, 1.165) is 31.1 Å². The number of sulfone groups is 1. The van der Waals surface area contributed by atoms with E-state index >= 15 is 0 Å². The Balaban J connectivity index is 1.23. The minimum atomic E-state index is -3.21. The number of carbonyl (C=O) groups excluding carboxylic acids is 1. The van der Waals surface area contributed by atoms with Gasteiger partial charge >= 0.3 is 0 Å². The summed E-state index contributed by atoms with van der Waals surface area (Å²) in [5, 5.41) is 10.4. The summed E-state index contributed by atoms with van der Waals surface area (Å²) in [6.45, 7) is 0. The van der Waals surface area contributed by atoms with Crippen molar-refractivity contribution in [2.45, 2.75) is 25.7 Å². The number of nitrogens with zero attached hydrogens (tertiary/aromatic N) is 5. The number of pyridine rings is 3. The maximum Gasteiger partial charge on any atom is 0.227 e. The van der Waals surface area contributed by atoms with Gasteiger partial charge in [0.15, 0.2) is 11.5 Å². The highest BCUT2D eigenvalue weighted by atomic mass is 32.2. The zero-order chi connectivity index (χ0) is 30.4. The van der Waals surface area contributed by atoms with Gasteiger partial charge in [0.2, 0.25) is 5.91 Å². The van der Waals surface area contributed by atoms with Crippen molar-refractivity contribution in [3.63, 3.8) is 0 Å². The smallest absolute Gasteiger partial charge is 0.227 e. The van der Waals surface area contributed by atoms with Gasteiger partial charge < -0.3 is 10.3 Å². The van der Waals surface area contributed by atoms with E-state index in [1.807, 2.05) is 18.2 Å². The number of anilines is 1. The van der Waals surface area contributed by atoms with Crippen LogP contribution in [0.15, 0.2) is 61.2 Å². The maximum absolute atomic E-state index is 14.6. The molecule has 0 saturated heterocycles. The van der Waals surface area contributed by atoms with Crippen LogP contribution in [0.4, 0.5) is 10.1 Å². The second-order valence-corrected chi connectivity index (χ2v) is 13.4. The van der Waals surface area contributed by atoms with Crippen molar-refractivity contribution < 1.29 is 17.6 Å². The van der Waals surface area contributed by atoms with Gasteiger partial charge in [-0.05, 0) is 60.7 Å². The second-order valence-electron chi connectivity index (χ2n) is 11.1. The number of hydrogen-bond acceptors (Lipinski definition) is 8. The summed E-state index contributed by atoms with van der Waals surface area (Å²) in [6.07, 6.45) is 10.8. The predicted octanol–water partition coefficient (Wildman–Crippen LogP) is 5.09. The number of aromatic amines is 2. The van der Waals surface area contributed by atoms with Crippen molar-refractivity contribution in [1.82, 2.24) is 35.1 Å². The number of amides is 1. The molecular formula is C31H27FN8O3S. The number of benzene rings is 1. The number of carbonyl (C=O) groups is 1. The van der Waals surface area contributed by atoms with Crippen molar-refractivity contribution in [3.8, 4) is 33.9 Å². The van der Waals surface area contributed by atoms with E-state index in [0.29, 0.717) is 61.7 Å². The molecule has 5 aromatic heterocycles. The van der Waals surface area contributed by atoms with Gasteiger partial charge in [-0.1, -0.05) is 12.5 Å². The molecule has 13 heteroatoms. The Morgan fingerprint density at radius 3 is 2.61 bits per heavy atom. The van der Waals surface area contributed by atoms with Crippen LogP contribution in [0.2, 0.25) is 0 Å². The lowest BCUT2D eigenvalue weighted by atomic mass is 9.85. The van der Waals surface area contributed by atoms with Gasteiger partial charge in [-0.3, -0.25) is 19.9 Å². The number of nitrogens with one attached hydrogen (secondary N) is 3. The van der Waals surface area contributed by atoms with E-state index in [1.54, 1.807) is 30.9 Å². The number of fused-ring (bicyclic) bond motifs is 2. The molecule has 0 spiro atoms. The van der Waals surface area contributed by atoms with Crippen LogP contribution >= 0.6 is 0 Å². The number of aromatic nitrogens is 7. The van der Waals surface area contributed by atoms with Crippen LogP contribution in [0.25, 0.3) is 56.0 Å². The predicted molar refractivity (Wildman–Crippen MR) is 165 cm³/mol. The van der Waals surface area contributed by atoms with Gasteiger partial charge in [0, 0.05) is 35.7 Å². The standard InChI is InChI=1S/C31H27FN8O3S/c1-44(42,43)8-7-17-9-19(11-21(32)10-17)23-15-34-16-26-27(23)38-30(37-26)29-28-25(39-40-29)6-5-24(36-28)20-12-22(14-33-13-20)35-31(41)18-3-2-4-18/h5-6,9-16,18H,2-4,7-8H2,1H3,(H,35,41)(H,37,38)(H,39,40). The molecule has 0 atom stereocenters. The number of halogens is 1. The first-order chi connectivity index (χ1) is 21.2. The average molecular weight is 611 g/mol. The minimum Gasteiger partial charge on any atom is -0.335 e. The number of aryl methyl sites for hydroxylation is 1. The lowest BCUT2D eigenvalue weighted by Gasteiger charge is -2.24. The molecule has 7 rings (SSSR count). The van der Waals surface area contributed by atoms with Crippen LogP contribution in [-0.4, -0.2) is 61.5 Å². The largest absolute Gasteiger partial charge is 0.335 e. The van der Waals surface area contributed by atoms with Crippen molar-refractivity contribution in [2.75, 3.05) is 17.3 Å². The Morgan fingerprint density at radius 1 is 0.977 bits per heavy atom. The molecule has 0 radical (unpaired) electrons. The van der Waals surface area contributed by atoms with Crippen LogP contribution in [-0.2, 0) is 21.1 Å². The Morgan fingerprint density at radius 2 is 1.82 bits per heavy atom. The molecule has 1 aliphatic rings. The van der Waals surface area contributed by atoms with E-state index < -0.39 is 15.7 Å². The zero-order valence-electron chi connectivity index (χ0n) is 23.6. The maximum atomic E-state index is 14.6. The molecule has 0 unspecified atom stereocenters. The first-order valence-corrected chi connectivity index (χ1v) is 16.2. The fraction of sp³-hybridized carbons (Fsp3) is 0.226. The van der Waals surface area contributed by atoms with Gasteiger partial charge in [-0.15, -0.1) is 0 Å². The molecule has 1 fully saturated rings. The van der Waals surface area contributed by atoms with Crippen molar-refractivity contribution in [2.24, 2.45) is 5.92 Å². The third-order valence-corrected chi connectivity index (χ3v) is 8.78. The van der Waals surface area contributed by atoms with E-state index in [2.05, 4.69) is 30.5 Å². The molecule has 1 aromatic carbocycles. The van der Waals surface area contributed by atoms with Gasteiger partial charge in [0.1, 0.15) is 21.2 Å². The van der Waals surface area contributed by atoms with E-state index in [9.17, 15) is 17.6 Å².